The van der Waals surface area contributed by atoms with Gasteiger partial charge in [-0.2, -0.15) is 0 Å². The monoisotopic (exact) mass is 309 g/mol. The Morgan fingerprint density at radius 2 is 1.91 bits per heavy atom. The molecule has 0 spiro atoms. The molecule has 0 radical (unpaired) electrons. The highest BCUT2D eigenvalue weighted by Crippen LogP contribution is 2.18. The number of pyridine rings is 1. The fraction of sp³-hybridized carbons (Fsp3) is 0.222. The quantitative estimate of drug-likeness (QED) is 0.760. The Morgan fingerprint density at radius 3 is 2.70 bits per heavy atom. The van der Waals surface area contributed by atoms with E-state index >= 15 is 0 Å². The molecule has 3 aromatic rings. The molecular weight excluding hydrogens is 290 g/mol. The summed E-state index contributed by atoms with van der Waals surface area (Å²) in [6.45, 7) is 2.64. The van der Waals surface area contributed by atoms with Gasteiger partial charge in [0.05, 0.1) is 6.54 Å². The molecule has 23 heavy (non-hydrogen) atoms. The van der Waals surface area contributed by atoms with Gasteiger partial charge >= 0.3 is 0 Å². The second kappa shape index (κ2) is 7.07. The molecule has 3 rings (SSSR count). The summed E-state index contributed by atoms with van der Waals surface area (Å²) in [5, 5.41) is 10.3. The first-order valence-electron chi connectivity index (χ1n) is 7.52. The fourth-order valence-corrected chi connectivity index (χ4v) is 2.40. The first kappa shape index (κ1) is 15.2. The summed E-state index contributed by atoms with van der Waals surface area (Å²) in [4.78, 5) is 8.37. The summed E-state index contributed by atoms with van der Waals surface area (Å²) in [6.07, 6.45) is 6.42. The Balaban J connectivity index is 1.64. The first-order valence-corrected chi connectivity index (χ1v) is 7.52. The van der Waals surface area contributed by atoms with E-state index in [4.69, 9.17) is 4.74 Å². The molecule has 5 heteroatoms. The number of aliphatic hydroxyl groups is 1. The van der Waals surface area contributed by atoms with E-state index < -0.39 is 6.10 Å². The zero-order valence-corrected chi connectivity index (χ0v) is 13.0. The molecule has 2 heterocycles. The van der Waals surface area contributed by atoms with Crippen LogP contribution in [0.15, 0.2) is 61.2 Å². The highest BCUT2D eigenvalue weighted by molar-refractivity contribution is 5.54. The topological polar surface area (TPSA) is 60.2 Å². The summed E-state index contributed by atoms with van der Waals surface area (Å²) in [7, 11) is 0. The fourth-order valence-electron chi connectivity index (χ4n) is 2.40. The van der Waals surface area contributed by atoms with Crippen LogP contribution in [-0.4, -0.2) is 32.4 Å². The summed E-state index contributed by atoms with van der Waals surface area (Å²) in [5.41, 5.74) is 2.02. The third-order valence-corrected chi connectivity index (χ3v) is 3.59. The van der Waals surface area contributed by atoms with Crippen LogP contribution in [0.5, 0.6) is 5.75 Å². The zero-order valence-electron chi connectivity index (χ0n) is 13.0. The van der Waals surface area contributed by atoms with Crippen LogP contribution >= 0.6 is 0 Å². The number of rotatable bonds is 6. The van der Waals surface area contributed by atoms with Crippen molar-refractivity contribution < 1.29 is 9.84 Å². The Morgan fingerprint density at radius 1 is 1.13 bits per heavy atom. The molecule has 0 saturated carbocycles. The molecule has 0 aliphatic rings. The third kappa shape index (κ3) is 3.76. The zero-order chi connectivity index (χ0) is 16.1. The molecule has 0 aliphatic carbocycles. The van der Waals surface area contributed by atoms with E-state index in [2.05, 4.69) is 9.97 Å². The maximum atomic E-state index is 10.3. The van der Waals surface area contributed by atoms with Crippen LogP contribution in [0.2, 0.25) is 0 Å². The van der Waals surface area contributed by atoms with Crippen LogP contribution in [-0.2, 0) is 6.54 Å². The smallest absolute Gasteiger partial charge is 0.140 e. The van der Waals surface area contributed by atoms with Crippen LogP contribution in [0.4, 0.5) is 0 Å². The van der Waals surface area contributed by atoms with E-state index in [9.17, 15) is 5.11 Å². The molecule has 0 saturated heterocycles. The van der Waals surface area contributed by atoms with E-state index in [1.807, 2.05) is 54.1 Å². The molecule has 1 aromatic carbocycles. The van der Waals surface area contributed by atoms with Crippen LogP contribution in [0, 0.1) is 6.92 Å². The molecule has 0 amide bonds. The Kier molecular flexibility index (Phi) is 4.68. The van der Waals surface area contributed by atoms with Gasteiger partial charge in [-0.3, -0.25) is 4.98 Å². The van der Waals surface area contributed by atoms with Gasteiger partial charge in [0.1, 0.15) is 24.3 Å². The third-order valence-electron chi connectivity index (χ3n) is 3.59. The molecule has 1 atom stereocenters. The number of hydrogen-bond acceptors (Lipinski definition) is 4. The average molecular weight is 309 g/mol. The van der Waals surface area contributed by atoms with Crippen LogP contribution < -0.4 is 4.74 Å². The number of aliphatic hydroxyl groups excluding tert-OH is 1. The highest BCUT2D eigenvalue weighted by atomic mass is 16.5. The van der Waals surface area contributed by atoms with Crippen molar-refractivity contribution in [2.24, 2.45) is 0 Å². The Hall–Kier alpha value is -2.66. The lowest BCUT2D eigenvalue weighted by molar-refractivity contribution is 0.0925. The lowest BCUT2D eigenvalue weighted by Crippen LogP contribution is -2.23. The van der Waals surface area contributed by atoms with Gasteiger partial charge in [0.25, 0.3) is 0 Å². The summed E-state index contributed by atoms with van der Waals surface area (Å²) in [5.74, 6) is 1.61. The molecule has 0 aliphatic heterocycles. The lowest BCUT2D eigenvalue weighted by atomic mass is 10.2. The molecular formula is C18H19N3O2. The van der Waals surface area contributed by atoms with Crippen molar-refractivity contribution in [1.82, 2.24) is 14.5 Å². The highest BCUT2D eigenvalue weighted by Gasteiger charge is 2.11. The number of imidazole rings is 1. The summed E-state index contributed by atoms with van der Waals surface area (Å²) in [6, 6.07) is 11.6. The van der Waals surface area contributed by atoms with Gasteiger partial charge in [0, 0.05) is 30.4 Å². The molecule has 0 fully saturated rings. The SMILES string of the molecule is Cc1ccccc1OC[C@@H](O)Cn1ccnc1-c1ccncc1. The van der Waals surface area contributed by atoms with Gasteiger partial charge in [0.2, 0.25) is 0 Å². The summed E-state index contributed by atoms with van der Waals surface area (Å²) >= 11 is 0. The van der Waals surface area contributed by atoms with Crippen molar-refractivity contribution in [3.8, 4) is 17.1 Å². The number of aryl methyl sites for hydroxylation is 1. The second-order valence-electron chi connectivity index (χ2n) is 5.37. The maximum absolute atomic E-state index is 10.3. The second-order valence-corrected chi connectivity index (χ2v) is 5.37. The number of aromatic nitrogens is 3. The van der Waals surface area contributed by atoms with E-state index in [-0.39, 0.29) is 6.61 Å². The van der Waals surface area contributed by atoms with E-state index in [1.165, 1.54) is 0 Å². The van der Waals surface area contributed by atoms with Crippen molar-refractivity contribution in [3.05, 3.63) is 66.7 Å². The van der Waals surface area contributed by atoms with Crippen LogP contribution in [0.3, 0.4) is 0 Å². The van der Waals surface area contributed by atoms with Gasteiger partial charge in [0.15, 0.2) is 0 Å². The van der Waals surface area contributed by atoms with E-state index in [1.54, 1.807) is 18.6 Å². The van der Waals surface area contributed by atoms with Crippen molar-refractivity contribution >= 4 is 0 Å². The molecule has 2 aromatic heterocycles. The molecule has 5 nitrogen and oxygen atoms in total. The molecule has 118 valence electrons. The first-order chi connectivity index (χ1) is 11.2. The van der Waals surface area contributed by atoms with Crippen molar-refractivity contribution in [2.75, 3.05) is 6.61 Å². The Labute approximate surface area is 135 Å². The number of benzene rings is 1. The molecule has 1 N–H and O–H groups in total. The molecule has 0 unspecified atom stereocenters. The average Bonchev–Trinajstić information content (AvgIpc) is 3.03. The minimum atomic E-state index is -0.621. The minimum Gasteiger partial charge on any atom is -0.491 e. The predicted octanol–water partition coefficient (Wildman–Crippen LogP) is 2.69. The number of ether oxygens (including phenoxy) is 1. The van der Waals surface area contributed by atoms with Crippen molar-refractivity contribution in [2.45, 2.75) is 19.6 Å². The number of hydrogen-bond donors (Lipinski definition) is 1. The van der Waals surface area contributed by atoms with Gasteiger partial charge in [-0.1, -0.05) is 18.2 Å². The largest absolute Gasteiger partial charge is 0.491 e. The maximum Gasteiger partial charge on any atom is 0.140 e. The molecule has 0 bridgehead atoms. The standard InChI is InChI=1S/C18H19N3O2/c1-14-4-2-3-5-17(14)23-13-16(22)12-21-11-10-20-18(21)15-6-8-19-9-7-15/h2-11,16,22H,12-13H2,1H3/t16-/m0/s1. The van der Waals surface area contributed by atoms with Gasteiger partial charge in [-0.05, 0) is 30.7 Å². The van der Waals surface area contributed by atoms with E-state index in [0.29, 0.717) is 6.54 Å². The van der Waals surface area contributed by atoms with Gasteiger partial charge in [-0.25, -0.2) is 4.98 Å². The number of nitrogens with zero attached hydrogens (tertiary/aromatic N) is 3. The van der Waals surface area contributed by atoms with Crippen LogP contribution in [0.1, 0.15) is 5.56 Å². The van der Waals surface area contributed by atoms with Crippen molar-refractivity contribution in [1.29, 1.82) is 0 Å². The van der Waals surface area contributed by atoms with Gasteiger partial charge in [-0.15, -0.1) is 0 Å². The lowest BCUT2D eigenvalue weighted by Gasteiger charge is -2.15. The predicted molar refractivity (Wildman–Crippen MR) is 88.1 cm³/mol. The van der Waals surface area contributed by atoms with Crippen molar-refractivity contribution in [3.63, 3.8) is 0 Å². The minimum absolute atomic E-state index is 0.235. The van der Waals surface area contributed by atoms with E-state index in [0.717, 1.165) is 22.7 Å². The normalized spacial score (nSPS) is 12.1. The van der Waals surface area contributed by atoms with Crippen LogP contribution in [0.25, 0.3) is 11.4 Å². The summed E-state index contributed by atoms with van der Waals surface area (Å²) < 4.78 is 7.62. The van der Waals surface area contributed by atoms with Gasteiger partial charge < -0.3 is 14.4 Å². The Bertz CT molecular complexity index is 756. The number of para-hydroxylation sites is 1.